The normalized spacial score (nSPS) is 17.3. The number of nitrogens with one attached hydrogen (secondary N) is 1. The van der Waals surface area contributed by atoms with Gasteiger partial charge in [-0.25, -0.2) is 14.4 Å². The summed E-state index contributed by atoms with van der Waals surface area (Å²) in [5.41, 5.74) is 10.3. The summed E-state index contributed by atoms with van der Waals surface area (Å²) in [6.45, 7) is 2.31. The topological polar surface area (TPSA) is 97.8 Å². The van der Waals surface area contributed by atoms with Crippen molar-refractivity contribution in [2.75, 3.05) is 24.1 Å². The number of nitrogens with two attached hydrogens (primary N) is 1. The van der Waals surface area contributed by atoms with Crippen LogP contribution in [0.1, 0.15) is 43.2 Å². The van der Waals surface area contributed by atoms with E-state index in [4.69, 9.17) is 5.73 Å². The Morgan fingerprint density at radius 1 is 0.971 bits per heavy atom. The first-order valence-electron chi connectivity index (χ1n) is 12.4. The molecule has 0 bridgehead atoms. The fourth-order valence-corrected chi connectivity index (χ4v) is 5.54. The fraction of sp³-hybridized carbons (Fsp3) is 0.385. The molecule has 0 saturated heterocycles. The van der Waals surface area contributed by atoms with Crippen LogP contribution in [0.15, 0.2) is 42.7 Å². The predicted octanol–water partition coefficient (Wildman–Crippen LogP) is 4.41. The molecule has 9 heteroatoms. The number of anilines is 3. The van der Waals surface area contributed by atoms with Gasteiger partial charge in [0.25, 0.3) is 0 Å². The summed E-state index contributed by atoms with van der Waals surface area (Å²) in [6.07, 6.45) is 10.1. The van der Waals surface area contributed by atoms with Crippen molar-refractivity contribution >= 4 is 28.5 Å². The number of aryl methyl sites for hydroxylation is 1. The molecule has 8 nitrogen and oxygen atoms in total. The van der Waals surface area contributed by atoms with Gasteiger partial charge in [0.15, 0.2) is 5.82 Å². The smallest absolute Gasteiger partial charge is 0.248 e. The average molecular weight is 473 g/mol. The Morgan fingerprint density at radius 2 is 1.86 bits per heavy atom. The minimum absolute atomic E-state index is 0.119. The molecule has 1 aliphatic carbocycles. The Labute approximate surface area is 203 Å². The van der Waals surface area contributed by atoms with Gasteiger partial charge in [-0.3, -0.25) is 0 Å². The average Bonchev–Trinajstić information content (AvgIpc) is 3.50. The van der Waals surface area contributed by atoms with E-state index in [1.165, 1.54) is 66.9 Å². The van der Waals surface area contributed by atoms with Gasteiger partial charge in [-0.2, -0.15) is 9.67 Å². The molecular weight excluding hydrogens is 443 g/mol. The molecule has 180 valence electrons. The first kappa shape index (κ1) is 21.9. The summed E-state index contributed by atoms with van der Waals surface area (Å²) in [7, 11) is 0. The van der Waals surface area contributed by atoms with Gasteiger partial charge in [0.1, 0.15) is 12.1 Å². The van der Waals surface area contributed by atoms with Crippen LogP contribution in [0.5, 0.6) is 0 Å². The minimum Gasteiger partial charge on any atom is -0.368 e. The van der Waals surface area contributed by atoms with Crippen molar-refractivity contribution in [1.29, 1.82) is 0 Å². The van der Waals surface area contributed by atoms with Gasteiger partial charge in [-0.15, -0.1) is 5.10 Å². The number of halogens is 1. The maximum atomic E-state index is 14.6. The lowest BCUT2D eigenvalue weighted by atomic mass is 9.96. The molecule has 0 unspecified atom stereocenters. The Morgan fingerprint density at radius 3 is 2.74 bits per heavy atom. The van der Waals surface area contributed by atoms with Crippen molar-refractivity contribution in [2.45, 2.75) is 51.0 Å². The highest BCUT2D eigenvalue weighted by Gasteiger charge is 2.23. The largest absolute Gasteiger partial charge is 0.368 e. The van der Waals surface area contributed by atoms with Gasteiger partial charge in [-0.05, 0) is 74.0 Å². The highest BCUT2D eigenvalue weighted by Crippen LogP contribution is 2.28. The van der Waals surface area contributed by atoms with Gasteiger partial charge in [0.05, 0.1) is 10.9 Å². The first-order chi connectivity index (χ1) is 17.2. The van der Waals surface area contributed by atoms with E-state index >= 15 is 0 Å². The van der Waals surface area contributed by atoms with Crippen molar-refractivity contribution in [1.82, 2.24) is 29.6 Å². The van der Waals surface area contributed by atoms with Gasteiger partial charge in [0.2, 0.25) is 11.9 Å². The van der Waals surface area contributed by atoms with Crippen LogP contribution in [-0.4, -0.2) is 48.8 Å². The number of hydrogen-bond acceptors (Lipinski definition) is 7. The number of nitrogens with zero attached hydrogens (tertiary/aromatic N) is 6. The van der Waals surface area contributed by atoms with Crippen molar-refractivity contribution in [3.63, 3.8) is 0 Å². The van der Waals surface area contributed by atoms with Crippen LogP contribution < -0.4 is 11.1 Å². The van der Waals surface area contributed by atoms with E-state index in [2.05, 4.69) is 48.5 Å². The van der Waals surface area contributed by atoms with Crippen LogP contribution in [0.2, 0.25) is 0 Å². The maximum Gasteiger partial charge on any atom is 0.248 e. The zero-order chi connectivity index (χ0) is 23.8. The molecule has 0 spiro atoms. The molecule has 1 saturated carbocycles. The predicted molar refractivity (Wildman–Crippen MR) is 134 cm³/mol. The molecule has 2 aromatic carbocycles. The van der Waals surface area contributed by atoms with Crippen LogP contribution in [0, 0.1) is 5.82 Å². The standard InChI is InChI=1S/C26H29FN8/c27-21-8-3-9-22-23(21)24(30-16-29-22)35-25(28)32-26(33-35)31-19-11-10-17-12-14-34(20-6-1-2-7-20)13-4-5-18(17)15-19/h3,8-11,15-16,20H,1-2,4-7,12-14H2,(H3,28,31,32,33). The van der Waals surface area contributed by atoms with Gasteiger partial charge < -0.3 is 16.0 Å². The van der Waals surface area contributed by atoms with Gasteiger partial charge in [-0.1, -0.05) is 25.0 Å². The summed E-state index contributed by atoms with van der Waals surface area (Å²) in [6, 6.07) is 12.0. The molecule has 2 aliphatic rings. The van der Waals surface area contributed by atoms with Crippen LogP contribution in [0.3, 0.4) is 0 Å². The lowest BCUT2D eigenvalue weighted by Crippen LogP contribution is -2.37. The van der Waals surface area contributed by atoms with Crippen LogP contribution >= 0.6 is 0 Å². The van der Waals surface area contributed by atoms with E-state index in [0.717, 1.165) is 31.1 Å². The second-order valence-electron chi connectivity index (χ2n) is 9.47. The van der Waals surface area contributed by atoms with Crippen molar-refractivity contribution in [3.8, 4) is 5.82 Å². The van der Waals surface area contributed by atoms with Crippen molar-refractivity contribution in [3.05, 3.63) is 59.7 Å². The van der Waals surface area contributed by atoms with Gasteiger partial charge >= 0.3 is 0 Å². The molecule has 3 heterocycles. The monoisotopic (exact) mass is 472 g/mol. The van der Waals surface area contributed by atoms with E-state index in [1.54, 1.807) is 12.1 Å². The number of fused-ring (bicyclic) bond motifs is 2. The maximum absolute atomic E-state index is 14.6. The van der Waals surface area contributed by atoms with E-state index in [1.807, 2.05) is 0 Å². The number of benzene rings is 2. The van der Waals surface area contributed by atoms with E-state index in [9.17, 15) is 4.39 Å². The highest BCUT2D eigenvalue weighted by molar-refractivity contribution is 5.86. The number of nitrogen functional groups attached to an aromatic ring is 1. The third kappa shape index (κ3) is 4.32. The summed E-state index contributed by atoms with van der Waals surface area (Å²) in [5, 5.41) is 7.99. The van der Waals surface area contributed by atoms with Crippen LogP contribution in [-0.2, 0) is 12.8 Å². The first-order valence-corrected chi connectivity index (χ1v) is 12.4. The molecule has 0 atom stereocenters. The Kier molecular flexibility index (Phi) is 5.77. The van der Waals surface area contributed by atoms with Crippen LogP contribution in [0.25, 0.3) is 16.7 Å². The molecule has 1 aliphatic heterocycles. The van der Waals surface area contributed by atoms with Crippen molar-refractivity contribution in [2.24, 2.45) is 0 Å². The highest BCUT2D eigenvalue weighted by atomic mass is 19.1. The Hall–Kier alpha value is -3.59. The Bertz CT molecular complexity index is 1360. The molecule has 0 radical (unpaired) electrons. The van der Waals surface area contributed by atoms with E-state index in [-0.39, 0.29) is 17.2 Å². The Balaban J connectivity index is 1.23. The van der Waals surface area contributed by atoms with Gasteiger partial charge in [0, 0.05) is 18.3 Å². The third-order valence-electron chi connectivity index (χ3n) is 7.29. The third-order valence-corrected chi connectivity index (χ3v) is 7.29. The van der Waals surface area contributed by atoms with E-state index in [0.29, 0.717) is 11.5 Å². The number of rotatable bonds is 4. The molecule has 3 N–H and O–H groups in total. The lowest BCUT2D eigenvalue weighted by molar-refractivity contribution is 0.195. The zero-order valence-electron chi connectivity index (χ0n) is 19.6. The SMILES string of the molecule is Nc1nc(Nc2ccc3c(c2)CCCN(C2CCCC2)CC3)nn1-c1ncnc2cccc(F)c12. The molecule has 1 fully saturated rings. The number of aromatic nitrogens is 5. The molecular formula is C26H29FN8. The second-order valence-corrected chi connectivity index (χ2v) is 9.47. The summed E-state index contributed by atoms with van der Waals surface area (Å²) in [5.74, 6) is 0.282. The fourth-order valence-electron chi connectivity index (χ4n) is 5.54. The molecule has 0 amide bonds. The summed E-state index contributed by atoms with van der Waals surface area (Å²) in [4.78, 5) is 15.4. The minimum atomic E-state index is -0.435. The lowest BCUT2D eigenvalue weighted by Gasteiger charge is -2.31. The quantitative estimate of drug-likeness (QED) is 0.454. The van der Waals surface area contributed by atoms with Crippen molar-refractivity contribution < 1.29 is 4.39 Å². The van der Waals surface area contributed by atoms with E-state index < -0.39 is 5.82 Å². The summed E-state index contributed by atoms with van der Waals surface area (Å²) < 4.78 is 15.9. The molecule has 4 aromatic rings. The van der Waals surface area contributed by atoms with Crippen LogP contribution in [0.4, 0.5) is 22.0 Å². The second kappa shape index (κ2) is 9.22. The summed E-state index contributed by atoms with van der Waals surface area (Å²) >= 11 is 0. The molecule has 2 aromatic heterocycles. The number of hydrogen-bond donors (Lipinski definition) is 2. The molecule has 35 heavy (non-hydrogen) atoms. The molecule has 6 rings (SSSR count). The zero-order valence-corrected chi connectivity index (χ0v) is 19.6.